The van der Waals surface area contributed by atoms with E-state index in [9.17, 15) is 0 Å². The number of fused-ring (bicyclic) bond motifs is 3. The molecule has 3 aromatic rings. The third-order valence-corrected chi connectivity index (χ3v) is 6.59. The van der Waals surface area contributed by atoms with E-state index in [-0.39, 0.29) is 5.41 Å². The summed E-state index contributed by atoms with van der Waals surface area (Å²) in [6.07, 6.45) is 0.958. The van der Waals surface area contributed by atoms with Gasteiger partial charge in [-0.25, -0.2) is 0 Å². The lowest BCUT2D eigenvalue weighted by atomic mass is 9.76. The van der Waals surface area contributed by atoms with E-state index in [0.717, 1.165) is 11.4 Å². The SMILES string of the molecule is CC1(Cc2ccccc2Cl)c2ccsc2-c2sccc21. The molecule has 2 heterocycles. The van der Waals surface area contributed by atoms with Gasteiger partial charge in [-0.05, 0) is 52.1 Å². The van der Waals surface area contributed by atoms with E-state index in [4.69, 9.17) is 11.6 Å². The van der Waals surface area contributed by atoms with Crippen LogP contribution in [-0.2, 0) is 11.8 Å². The summed E-state index contributed by atoms with van der Waals surface area (Å²) in [5.41, 5.74) is 4.21. The Hall–Kier alpha value is -1.09. The summed E-state index contributed by atoms with van der Waals surface area (Å²) >= 11 is 10.1. The van der Waals surface area contributed by atoms with Crippen molar-refractivity contribution in [1.82, 2.24) is 0 Å². The second kappa shape index (κ2) is 4.45. The molecule has 0 amide bonds. The molecule has 0 nitrogen and oxygen atoms in total. The maximum absolute atomic E-state index is 6.37. The van der Waals surface area contributed by atoms with E-state index in [1.54, 1.807) is 0 Å². The molecule has 0 fully saturated rings. The van der Waals surface area contributed by atoms with Crippen molar-refractivity contribution in [2.24, 2.45) is 0 Å². The standard InChI is InChI=1S/C17H13ClS2/c1-17(10-11-4-2-3-5-14(11)18)12-6-8-19-15(12)16-13(17)7-9-20-16/h2-9H,10H2,1H3. The Labute approximate surface area is 131 Å². The minimum atomic E-state index is 0.0513. The predicted octanol–water partition coefficient (Wildman–Crippen LogP) is 5.99. The van der Waals surface area contributed by atoms with Crippen LogP contribution in [0.2, 0.25) is 5.02 Å². The first-order chi connectivity index (χ1) is 9.70. The molecule has 0 aliphatic heterocycles. The number of hydrogen-bond acceptors (Lipinski definition) is 2. The summed E-state index contributed by atoms with van der Waals surface area (Å²) in [4.78, 5) is 2.90. The highest BCUT2D eigenvalue weighted by Gasteiger charge is 2.41. The van der Waals surface area contributed by atoms with Gasteiger partial charge in [-0.3, -0.25) is 0 Å². The maximum atomic E-state index is 6.37. The second-order valence-corrected chi connectivity index (χ2v) is 7.67. The molecular weight excluding hydrogens is 304 g/mol. The van der Waals surface area contributed by atoms with E-state index >= 15 is 0 Å². The van der Waals surface area contributed by atoms with Crippen LogP contribution in [-0.4, -0.2) is 0 Å². The van der Waals surface area contributed by atoms with Crippen LogP contribution in [0.25, 0.3) is 9.75 Å². The van der Waals surface area contributed by atoms with E-state index < -0.39 is 0 Å². The van der Waals surface area contributed by atoms with Crippen molar-refractivity contribution >= 4 is 34.3 Å². The van der Waals surface area contributed by atoms with Gasteiger partial charge < -0.3 is 0 Å². The zero-order valence-corrected chi connectivity index (χ0v) is 13.4. The topological polar surface area (TPSA) is 0 Å². The molecule has 1 aromatic carbocycles. The average molecular weight is 317 g/mol. The lowest BCUT2D eigenvalue weighted by Crippen LogP contribution is -2.23. The van der Waals surface area contributed by atoms with Crippen LogP contribution in [0.4, 0.5) is 0 Å². The van der Waals surface area contributed by atoms with Crippen LogP contribution in [0.3, 0.4) is 0 Å². The van der Waals surface area contributed by atoms with Crippen molar-refractivity contribution < 1.29 is 0 Å². The summed E-state index contributed by atoms with van der Waals surface area (Å²) in [6.45, 7) is 2.35. The minimum absolute atomic E-state index is 0.0513. The van der Waals surface area contributed by atoms with Gasteiger partial charge in [0.15, 0.2) is 0 Å². The van der Waals surface area contributed by atoms with Gasteiger partial charge in [0.25, 0.3) is 0 Å². The van der Waals surface area contributed by atoms with Crippen molar-refractivity contribution in [1.29, 1.82) is 0 Å². The first-order valence-corrected chi connectivity index (χ1v) is 8.73. The summed E-state index contributed by atoms with van der Waals surface area (Å²) in [5.74, 6) is 0. The van der Waals surface area contributed by atoms with Gasteiger partial charge in [0.1, 0.15) is 0 Å². The van der Waals surface area contributed by atoms with Crippen LogP contribution in [0.15, 0.2) is 47.2 Å². The zero-order valence-electron chi connectivity index (χ0n) is 11.0. The fourth-order valence-corrected chi connectivity index (χ4v) is 5.64. The summed E-state index contributed by atoms with van der Waals surface area (Å²) < 4.78 is 0. The molecule has 3 heteroatoms. The highest BCUT2D eigenvalue weighted by molar-refractivity contribution is 7.21. The number of hydrogen-bond donors (Lipinski definition) is 0. The Kier molecular flexibility index (Phi) is 2.81. The fourth-order valence-electron chi connectivity index (χ4n) is 3.20. The third-order valence-electron chi connectivity index (χ3n) is 4.23. The third kappa shape index (κ3) is 1.65. The van der Waals surface area contributed by atoms with Gasteiger partial charge in [0, 0.05) is 20.2 Å². The Balaban J connectivity index is 1.88. The van der Waals surface area contributed by atoms with Crippen LogP contribution in [0.1, 0.15) is 23.6 Å². The van der Waals surface area contributed by atoms with Crippen molar-refractivity contribution in [3.63, 3.8) is 0 Å². The lowest BCUT2D eigenvalue weighted by Gasteiger charge is -2.26. The minimum Gasteiger partial charge on any atom is -0.143 e. The van der Waals surface area contributed by atoms with Gasteiger partial charge in [0.05, 0.1) is 0 Å². The Bertz CT molecular complexity index is 741. The van der Waals surface area contributed by atoms with E-state index in [1.807, 2.05) is 34.8 Å². The van der Waals surface area contributed by atoms with Crippen molar-refractivity contribution in [2.45, 2.75) is 18.8 Å². The first kappa shape index (κ1) is 12.6. The van der Waals surface area contributed by atoms with E-state index in [1.165, 1.54) is 26.4 Å². The summed E-state index contributed by atoms with van der Waals surface area (Å²) in [6, 6.07) is 12.8. The lowest BCUT2D eigenvalue weighted by molar-refractivity contribution is 0.585. The molecule has 0 saturated heterocycles. The molecule has 1 aliphatic carbocycles. The van der Waals surface area contributed by atoms with Crippen LogP contribution in [0, 0.1) is 0 Å². The van der Waals surface area contributed by atoms with Crippen molar-refractivity contribution in [2.75, 3.05) is 0 Å². The van der Waals surface area contributed by atoms with E-state index in [0.29, 0.717) is 0 Å². The van der Waals surface area contributed by atoms with Gasteiger partial charge in [-0.2, -0.15) is 0 Å². The molecule has 0 bridgehead atoms. The highest BCUT2D eigenvalue weighted by atomic mass is 35.5. The maximum Gasteiger partial charge on any atom is 0.0486 e. The molecular formula is C17H13ClS2. The number of thiophene rings is 2. The zero-order chi connectivity index (χ0) is 13.7. The molecule has 0 saturated carbocycles. The molecule has 100 valence electrons. The van der Waals surface area contributed by atoms with Crippen molar-refractivity contribution in [3.05, 3.63) is 68.9 Å². The molecule has 0 unspecified atom stereocenters. The number of halogens is 1. The molecule has 20 heavy (non-hydrogen) atoms. The first-order valence-electron chi connectivity index (χ1n) is 6.60. The Morgan fingerprint density at radius 2 is 1.55 bits per heavy atom. The van der Waals surface area contributed by atoms with Crippen LogP contribution < -0.4 is 0 Å². The van der Waals surface area contributed by atoms with Crippen LogP contribution >= 0.6 is 34.3 Å². The van der Waals surface area contributed by atoms with Gasteiger partial charge in [0.2, 0.25) is 0 Å². The summed E-state index contributed by atoms with van der Waals surface area (Å²) in [7, 11) is 0. The Morgan fingerprint density at radius 1 is 0.950 bits per heavy atom. The smallest absolute Gasteiger partial charge is 0.0486 e. The number of benzene rings is 1. The fraction of sp³-hybridized carbons (Fsp3) is 0.176. The Morgan fingerprint density at radius 3 is 2.15 bits per heavy atom. The molecule has 0 N–H and O–H groups in total. The second-order valence-electron chi connectivity index (χ2n) is 5.43. The molecule has 2 aromatic heterocycles. The highest BCUT2D eigenvalue weighted by Crippen LogP contribution is 2.55. The van der Waals surface area contributed by atoms with Crippen LogP contribution in [0.5, 0.6) is 0 Å². The largest absolute Gasteiger partial charge is 0.143 e. The summed E-state index contributed by atoms with van der Waals surface area (Å²) in [5, 5.41) is 5.28. The average Bonchev–Trinajstić information content (AvgIpc) is 3.11. The predicted molar refractivity (Wildman–Crippen MR) is 89.2 cm³/mol. The molecule has 4 rings (SSSR count). The van der Waals surface area contributed by atoms with Gasteiger partial charge >= 0.3 is 0 Å². The van der Waals surface area contributed by atoms with E-state index in [2.05, 4.69) is 41.9 Å². The normalized spacial score (nSPS) is 15.1. The quantitative estimate of drug-likeness (QED) is 0.544. The monoisotopic (exact) mass is 316 g/mol. The number of rotatable bonds is 2. The van der Waals surface area contributed by atoms with Crippen molar-refractivity contribution in [3.8, 4) is 9.75 Å². The van der Waals surface area contributed by atoms with Gasteiger partial charge in [-0.15, -0.1) is 22.7 Å². The molecule has 1 aliphatic rings. The van der Waals surface area contributed by atoms with Gasteiger partial charge in [-0.1, -0.05) is 36.7 Å². The molecule has 0 spiro atoms. The molecule has 0 radical (unpaired) electrons. The molecule has 0 atom stereocenters.